The van der Waals surface area contributed by atoms with Crippen LogP contribution in [0, 0.1) is 17.8 Å². The SMILES string of the molecule is C=CC[C@@H](CCCC)[C@H](C)S(=O)(=O)NC(=O)c1ccc2c(c1)N(CC1CCC1C(O)/C=C/CCC)C[C@@]1(CCCc3cc(Cl)ccc31)CO2. The minimum Gasteiger partial charge on any atom is -0.490 e. The van der Waals surface area contributed by atoms with Crippen LogP contribution in [0.3, 0.4) is 0 Å². The molecule has 1 spiro atoms. The fraction of sp³-hybridized carbons (Fsp3) is 0.575. The van der Waals surface area contributed by atoms with Crippen molar-refractivity contribution in [2.45, 2.75) is 108 Å². The van der Waals surface area contributed by atoms with Crippen molar-refractivity contribution in [1.29, 1.82) is 0 Å². The molecule has 0 saturated heterocycles. The number of allylic oxidation sites excluding steroid dienone is 2. The average Bonchev–Trinajstić information content (AvgIpc) is 3.21. The maximum atomic E-state index is 13.7. The van der Waals surface area contributed by atoms with E-state index in [9.17, 15) is 18.3 Å². The number of nitrogens with zero attached hydrogens (tertiary/aromatic N) is 1. The first-order chi connectivity index (χ1) is 23.5. The van der Waals surface area contributed by atoms with E-state index in [1.54, 1.807) is 31.2 Å². The molecule has 268 valence electrons. The standard InChI is InChI=1S/C40H55ClN2O5S/c1-5-8-10-15-37(44)34-19-16-32(34)25-43-26-40(22-11-14-30-23-33(41)18-20-35(30)40)27-48-38-21-17-31(24-36(38)43)39(45)42-49(46,47)28(4)29(12-7-3)13-9-6-2/h7,10,15,17-18,20-21,23-24,28-29,32,34,37,44H,3,5-6,8-9,11-14,16,19,22,25-27H2,1-2,4H3,(H,42,45)/b15-10+/t28-,29-,32?,34?,37?,40-/m0/s1. The number of fused-ring (bicyclic) bond motifs is 3. The smallest absolute Gasteiger partial charge is 0.264 e. The second-order valence-corrected chi connectivity index (χ2v) is 17.1. The molecule has 1 fully saturated rings. The van der Waals surface area contributed by atoms with Crippen LogP contribution in [-0.4, -0.2) is 50.5 Å². The molecule has 3 aliphatic rings. The van der Waals surface area contributed by atoms with Crippen molar-refractivity contribution >= 4 is 33.2 Å². The first-order valence-corrected chi connectivity index (χ1v) is 20.3. The number of amides is 1. The topological polar surface area (TPSA) is 95.9 Å². The van der Waals surface area contributed by atoms with Gasteiger partial charge in [0, 0.05) is 29.1 Å². The lowest BCUT2D eigenvalue weighted by molar-refractivity contribution is 0.0456. The molecule has 49 heavy (non-hydrogen) atoms. The number of benzene rings is 2. The number of nitrogens with one attached hydrogen (secondary N) is 1. The van der Waals surface area contributed by atoms with Crippen LogP contribution >= 0.6 is 11.6 Å². The Morgan fingerprint density at radius 2 is 2.02 bits per heavy atom. The third-order valence-corrected chi connectivity index (χ3v) is 13.3. The Labute approximate surface area is 299 Å². The second-order valence-electron chi connectivity index (χ2n) is 14.6. The van der Waals surface area contributed by atoms with Crippen LogP contribution in [0.5, 0.6) is 5.75 Å². The molecule has 1 heterocycles. The molecule has 1 aliphatic heterocycles. The van der Waals surface area contributed by atoms with Gasteiger partial charge in [0.15, 0.2) is 0 Å². The molecule has 3 unspecified atom stereocenters. The van der Waals surface area contributed by atoms with Crippen LogP contribution in [-0.2, 0) is 21.9 Å². The Morgan fingerprint density at radius 1 is 1.20 bits per heavy atom. The number of hydrogen-bond donors (Lipinski definition) is 2. The quantitative estimate of drug-likeness (QED) is 0.180. The van der Waals surface area contributed by atoms with Gasteiger partial charge < -0.3 is 14.7 Å². The van der Waals surface area contributed by atoms with Crippen molar-refractivity contribution in [2.24, 2.45) is 17.8 Å². The number of aliphatic hydroxyl groups excluding tert-OH is 1. The Morgan fingerprint density at radius 3 is 2.73 bits per heavy atom. The van der Waals surface area contributed by atoms with Gasteiger partial charge in [-0.15, -0.1) is 6.58 Å². The fourth-order valence-electron chi connectivity index (χ4n) is 8.11. The van der Waals surface area contributed by atoms with E-state index in [1.807, 2.05) is 12.1 Å². The number of sulfonamides is 1. The normalized spacial score (nSPS) is 23.8. The van der Waals surface area contributed by atoms with E-state index in [0.717, 1.165) is 74.9 Å². The zero-order chi connectivity index (χ0) is 35.2. The van der Waals surface area contributed by atoms with Gasteiger partial charge in [0.05, 0.1) is 23.6 Å². The molecule has 1 amide bonds. The number of aryl methyl sites for hydroxylation is 1. The largest absolute Gasteiger partial charge is 0.490 e. The lowest BCUT2D eigenvalue weighted by Gasteiger charge is -2.45. The summed E-state index contributed by atoms with van der Waals surface area (Å²) < 4.78 is 36.0. The number of aliphatic hydroxyl groups is 1. The summed E-state index contributed by atoms with van der Waals surface area (Å²) in [6.07, 6.45) is 15.4. The molecule has 1 saturated carbocycles. The Bertz CT molecular complexity index is 1610. The van der Waals surface area contributed by atoms with Gasteiger partial charge in [0.25, 0.3) is 5.91 Å². The molecule has 5 rings (SSSR count). The molecule has 6 atom stereocenters. The van der Waals surface area contributed by atoms with E-state index in [2.05, 4.69) is 48.3 Å². The van der Waals surface area contributed by atoms with Gasteiger partial charge in [-0.2, -0.15) is 0 Å². The molecule has 2 aromatic carbocycles. The van der Waals surface area contributed by atoms with Crippen LogP contribution in [0.1, 0.15) is 106 Å². The van der Waals surface area contributed by atoms with Crippen molar-refractivity contribution < 1.29 is 23.1 Å². The highest BCUT2D eigenvalue weighted by Crippen LogP contribution is 2.46. The van der Waals surface area contributed by atoms with Crippen molar-refractivity contribution in [1.82, 2.24) is 4.72 Å². The van der Waals surface area contributed by atoms with E-state index in [0.29, 0.717) is 31.9 Å². The van der Waals surface area contributed by atoms with E-state index >= 15 is 0 Å². The van der Waals surface area contributed by atoms with Gasteiger partial charge in [0.2, 0.25) is 10.0 Å². The van der Waals surface area contributed by atoms with Gasteiger partial charge in [0.1, 0.15) is 5.75 Å². The molecule has 2 aliphatic carbocycles. The number of carbonyl (C=O) groups excluding carboxylic acids is 1. The van der Waals surface area contributed by atoms with Gasteiger partial charge >= 0.3 is 0 Å². The maximum Gasteiger partial charge on any atom is 0.264 e. The predicted molar refractivity (Wildman–Crippen MR) is 200 cm³/mol. The summed E-state index contributed by atoms with van der Waals surface area (Å²) in [5, 5.41) is 11.1. The zero-order valence-corrected chi connectivity index (χ0v) is 31.1. The lowest BCUT2D eigenvalue weighted by Crippen LogP contribution is -2.49. The summed E-state index contributed by atoms with van der Waals surface area (Å²) in [5.74, 6) is 0.336. The molecule has 0 aromatic heterocycles. The van der Waals surface area contributed by atoms with Gasteiger partial charge in [-0.05, 0) is 118 Å². The summed E-state index contributed by atoms with van der Waals surface area (Å²) in [6, 6.07) is 11.4. The Hall–Kier alpha value is -2.81. The van der Waals surface area contributed by atoms with Gasteiger partial charge in [-0.1, -0.05) is 69.0 Å². The third kappa shape index (κ3) is 8.57. The fourth-order valence-corrected chi connectivity index (χ4v) is 9.62. The van der Waals surface area contributed by atoms with Crippen LogP contribution < -0.4 is 14.4 Å². The van der Waals surface area contributed by atoms with Crippen LogP contribution in [0.4, 0.5) is 5.69 Å². The van der Waals surface area contributed by atoms with E-state index in [4.69, 9.17) is 16.3 Å². The maximum absolute atomic E-state index is 13.7. The van der Waals surface area contributed by atoms with Crippen molar-refractivity contribution in [3.05, 3.63) is 82.9 Å². The number of ether oxygens (including phenoxy) is 1. The summed E-state index contributed by atoms with van der Waals surface area (Å²) in [6.45, 7) is 11.6. The third-order valence-electron chi connectivity index (χ3n) is 11.2. The lowest BCUT2D eigenvalue weighted by atomic mass is 9.68. The summed E-state index contributed by atoms with van der Waals surface area (Å²) in [4.78, 5) is 16.0. The number of hydrogen-bond acceptors (Lipinski definition) is 6. The van der Waals surface area contributed by atoms with Crippen molar-refractivity contribution in [3.63, 3.8) is 0 Å². The molecular formula is C40H55ClN2O5S. The zero-order valence-electron chi connectivity index (χ0n) is 29.5. The number of anilines is 1. The first-order valence-electron chi connectivity index (χ1n) is 18.3. The van der Waals surface area contributed by atoms with Gasteiger partial charge in [-0.25, -0.2) is 13.1 Å². The summed E-state index contributed by atoms with van der Waals surface area (Å²) in [5.41, 5.74) is 3.28. The number of halogens is 1. The highest BCUT2D eigenvalue weighted by Gasteiger charge is 2.44. The van der Waals surface area contributed by atoms with Crippen molar-refractivity contribution in [2.75, 3.05) is 24.6 Å². The number of carbonyl (C=O) groups is 1. The molecule has 2 aromatic rings. The predicted octanol–water partition coefficient (Wildman–Crippen LogP) is 8.39. The Balaban J connectivity index is 1.45. The van der Waals surface area contributed by atoms with Gasteiger partial charge in [-0.3, -0.25) is 4.79 Å². The highest BCUT2D eigenvalue weighted by atomic mass is 35.5. The van der Waals surface area contributed by atoms with E-state index in [-0.39, 0.29) is 28.7 Å². The highest BCUT2D eigenvalue weighted by molar-refractivity contribution is 7.90. The minimum absolute atomic E-state index is 0.120. The molecule has 9 heteroatoms. The number of rotatable bonds is 15. The molecule has 7 nitrogen and oxygen atoms in total. The van der Waals surface area contributed by atoms with Crippen molar-refractivity contribution in [3.8, 4) is 5.75 Å². The van der Waals surface area contributed by atoms with Crippen LogP contribution in [0.15, 0.2) is 61.2 Å². The summed E-state index contributed by atoms with van der Waals surface area (Å²) in [7, 11) is -3.94. The first kappa shape index (κ1) is 37.4. The monoisotopic (exact) mass is 710 g/mol. The minimum atomic E-state index is -3.94. The second kappa shape index (κ2) is 16.5. The van der Waals surface area contributed by atoms with Crippen LogP contribution in [0.25, 0.3) is 0 Å². The molecule has 0 radical (unpaired) electrons. The number of unbranched alkanes of at least 4 members (excludes halogenated alkanes) is 2. The molecule has 2 N–H and O–H groups in total. The molecular weight excluding hydrogens is 656 g/mol. The summed E-state index contributed by atoms with van der Waals surface area (Å²) >= 11 is 6.44. The average molecular weight is 711 g/mol. The Kier molecular flexibility index (Phi) is 12.6. The van der Waals surface area contributed by atoms with Crippen LogP contribution in [0.2, 0.25) is 5.02 Å². The van der Waals surface area contributed by atoms with E-state index in [1.165, 1.54) is 11.1 Å². The van der Waals surface area contributed by atoms with E-state index < -0.39 is 27.3 Å². The molecule has 0 bridgehead atoms.